The van der Waals surface area contributed by atoms with E-state index in [-0.39, 0.29) is 5.91 Å². The summed E-state index contributed by atoms with van der Waals surface area (Å²) in [5, 5.41) is 6.10. The molecule has 1 amide bonds. The van der Waals surface area contributed by atoms with Gasteiger partial charge in [0.15, 0.2) is 5.11 Å². The van der Waals surface area contributed by atoms with E-state index in [4.69, 9.17) is 12.2 Å². The van der Waals surface area contributed by atoms with Crippen LogP contribution in [0.2, 0.25) is 0 Å². The van der Waals surface area contributed by atoms with Crippen LogP contribution in [0.25, 0.3) is 0 Å². The van der Waals surface area contributed by atoms with Crippen LogP contribution in [0.3, 0.4) is 0 Å². The Morgan fingerprint density at radius 3 is 2.43 bits per heavy atom. The molecule has 0 unspecified atom stereocenters. The van der Waals surface area contributed by atoms with Gasteiger partial charge in [0.2, 0.25) is 5.91 Å². The molecule has 0 atom stereocenters. The number of hydrogen-bond donors (Lipinski definition) is 2. The predicted molar refractivity (Wildman–Crippen MR) is 63.2 cm³/mol. The van der Waals surface area contributed by atoms with Crippen molar-refractivity contribution in [2.75, 3.05) is 6.54 Å². The van der Waals surface area contributed by atoms with Crippen molar-refractivity contribution in [2.24, 2.45) is 0 Å². The van der Waals surface area contributed by atoms with Crippen LogP contribution in [0.5, 0.6) is 0 Å². The summed E-state index contributed by atoms with van der Waals surface area (Å²) in [4.78, 5) is 11.2. The second-order valence-electron chi connectivity index (χ2n) is 3.26. The Bertz CT molecular complexity index is 183. The SMILES string of the molecule is CCCCNC(=S)NC(=O)CCCC. The molecule has 14 heavy (non-hydrogen) atoms. The quantitative estimate of drug-likeness (QED) is 0.527. The van der Waals surface area contributed by atoms with Crippen LogP contribution in [0.1, 0.15) is 46.0 Å². The molecular weight excluding hydrogens is 196 g/mol. The molecule has 0 bridgehead atoms. The van der Waals surface area contributed by atoms with Crippen LogP contribution in [-0.2, 0) is 4.79 Å². The van der Waals surface area contributed by atoms with Crippen molar-refractivity contribution in [3.05, 3.63) is 0 Å². The van der Waals surface area contributed by atoms with Crippen molar-refractivity contribution in [1.82, 2.24) is 10.6 Å². The molecule has 0 rings (SSSR count). The molecular formula is C10H20N2OS. The highest BCUT2D eigenvalue weighted by Crippen LogP contribution is 1.92. The first kappa shape index (κ1) is 13.4. The summed E-state index contributed by atoms with van der Waals surface area (Å²) >= 11 is 4.95. The van der Waals surface area contributed by atoms with Crippen LogP contribution in [0.15, 0.2) is 0 Å². The number of carbonyl (C=O) groups excluding carboxylic acids is 1. The third-order valence-electron chi connectivity index (χ3n) is 1.83. The number of amides is 1. The fourth-order valence-electron chi connectivity index (χ4n) is 0.949. The molecule has 0 spiro atoms. The highest BCUT2D eigenvalue weighted by atomic mass is 32.1. The van der Waals surface area contributed by atoms with Crippen molar-refractivity contribution >= 4 is 23.2 Å². The second kappa shape index (κ2) is 8.94. The van der Waals surface area contributed by atoms with Gasteiger partial charge in [0.1, 0.15) is 0 Å². The zero-order valence-electron chi connectivity index (χ0n) is 9.06. The summed E-state index contributed by atoms with van der Waals surface area (Å²) in [6.45, 7) is 5.01. The lowest BCUT2D eigenvalue weighted by Crippen LogP contribution is -2.39. The van der Waals surface area contributed by atoms with E-state index < -0.39 is 0 Å². The van der Waals surface area contributed by atoms with Crippen LogP contribution >= 0.6 is 12.2 Å². The van der Waals surface area contributed by atoms with Gasteiger partial charge >= 0.3 is 0 Å². The predicted octanol–water partition coefficient (Wildman–Crippen LogP) is 1.97. The summed E-state index contributed by atoms with van der Waals surface area (Å²) in [7, 11) is 0. The molecule has 0 aliphatic carbocycles. The van der Waals surface area contributed by atoms with E-state index in [0.29, 0.717) is 11.5 Å². The Hall–Kier alpha value is -0.640. The van der Waals surface area contributed by atoms with E-state index in [1.165, 1.54) is 0 Å². The number of thiocarbonyl (C=S) groups is 1. The lowest BCUT2D eigenvalue weighted by Gasteiger charge is -2.08. The molecule has 0 aromatic heterocycles. The maximum Gasteiger partial charge on any atom is 0.226 e. The summed E-state index contributed by atoms with van der Waals surface area (Å²) in [5.74, 6) is 0.0147. The topological polar surface area (TPSA) is 41.1 Å². The van der Waals surface area contributed by atoms with E-state index in [0.717, 1.165) is 32.2 Å². The summed E-state index contributed by atoms with van der Waals surface area (Å²) in [6, 6.07) is 0. The molecule has 0 aliphatic heterocycles. The fraction of sp³-hybridized carbons (Fsp3) is 0.800. The van der Waals surface area contributed by atoms with Crippen LogP contribution < -0.4 is 10.6 Å². The first-order valence-electron chi connectivity index (χ1n) is 5.28. The van der Waals surface area contributed by atoms with E-state index in [1.807, 2.05) is 0 Å². The third kappa shape index (κ3) is 7.98. The number of nitrogens with one attached hydrogen (secondary N) is 2. The van der Waals surface area contributed by atoms with Gasteiger partial charge in [0.25, 0.3) is 0 Å². The third-order valence-corrected chi connectivity index (χ3v) is 2.07. The van der Waals surface area contributed by atoms with E-state index in [9.17, 15) is 4.79 Å². The van der Waals surface area contributed by atoms with Crippen molar-refractivity contribution in [3.8, 4) is 0 Å². The Balaban J connectivity index is 3.45. The first-order chi connectivity index (χ1) is 6.70. The van der Waals surface area contributed by atoms with Gasteiger partial charge in [-0.3, -0.25) is 4.79 Å². The minimum Gasteiger partial charge on any atom is -0.362 e. The van der Waals surface area contributed by atoms with Gasteiger partial charge in [-0.1, -0.05) is 26.7 Å². The van der Waals surface area contributed by atoms with Crippen molar-refractivity contribution in [1.29, 1.82) is 0 Å². The van der Waals surface area contributed by atoms with E-state index in [1.54, 1.807) is 0 Å². The molecule has 0 aromatic rings. The van der Waals surface area contributed by atoms with Crippen LogP contribution in [0.4, 0.5) is 0 Å². The van der Waals surface area contributed by atoms with Gasteiger partial charge in [-0.15, -0.1) is 0 Å². The minimum atomic E-state index is 0.0147. The molecule has 3 nitrogen and oxygen atoms in total. The maximum absolute atomic E-state index is 11.2. The van der Waals surface area contributed by atoms with Gasteiger partial charge in [-0.05, 0) is 25.1 Å². The zero-order chi connectivity index (χ0) is 10.8. The Kier molecular flexibility index (Phi) is 8.53. The molecule has 0 aromatic carbocycles. The average Bonchev–Trinajstić information content (AvgIpc) is 2.15. The van der Waals surface area contributed by atoms with Gasteiger partial charge in [0, 0.05) is 13.0 Å². The molecule has 0 saturated heterocycles. The Morgan fingerprint density at radius 2 is 1.86 bits per heavy atom. The highest BCUT2D eigenvalue weighted by Gasteiger charge is 2.02. The first-order valence-corrected chi connectivity index (χ1v) is 5.69. The minimum absolute atomic E-state index is 0.0147. The number of rotatable bonds is 6. The Labute approximate surface area is 91.6 Å². The molecule has 0 heterocycles. The Morgan fingerprint density at radius 1 is 1.21 bits per heavy atom. The number of carbonyl (C=O) groups is 1. The van der Waals surface area contributed by atoms with Crippen molar-refractivity contribution in [2.45, 2.75) is 46.0 Å². The summed E-state index contributed by atoms with van der Waals surface area (Å²) < 4.78 is 0. The molecule has 0 aliphatic rings. The highest BCUT2D eigenvalue weighted by molar-refractivity contribution is 7.80. The molecule has 0 fully saturated rings. The maximum atomic E-state index is 11.2. The standard InChI is InChI=1S/C10H20N2OS/c1-3-5-7-9(13)12-10(14)11-8-6-4-2/h3-8H2,1-2H3,(H2,11,12,13,14). The fourth-order valence-corrected chi connectivity index (χ4v) is 1.17. The number of unbranched alkanes of at least 4 members (excludes halogenated alkanes) is 2. The van der Waals surface area contributed by atoms with Gasteiger partial charge in [-0.25, -0.2) is 0 Å². The van der Waals surface area contributed by atoms with Crippen molar-refractivity contribution in [3.63, 3.8) is 0 Å². The summed E-state index contributed by atoms with van der Waals surface area (Å²) in [6.07, 6.45) is 4.71. The van der Waals surface area contributed by atoms with E-state index >= 15 is 0 Å². The second-order valence-corrected chi connectivity index (χ2v) is 3.67. The lowest BCUT2D eigenvalue weighted by molar-refractivity contribution is -0.119. The van der Waals surface area contributed by atoms with Crippen molar-refractivity contribution < 1.29 is 4.79 Å². The van der Waals surface area contributed by atoms with Gasteiger partial charge in [-0.2, -0.15) is 0 Å². The zero-order valence-corrected chi connectivity index (χ0v) is 9.88. The normalized spacial score (nSPS) is 9.57. The van der Waals surface area contributed by atoms with Gasteiger partial charge in [0.05, 0.1) is 0 Å². The monoisotopic (exact) mass is 216 g/mol. The van der Waals surface area contributed by atoms with Crippen LogP contribution in [0, 0.1) is 0 Å². The molecule has 2 N–H and O–H groups in total. The molecule has 0 radical (unpaired) electrons. The average molecular weight is 216 g/mol. The van der Waals surface area contributed by atoms with E-state index in [2.05, 4.69) is 24.5 Å². The molecule has 4 heteroatoms. The van der Waals surface area contributed by atoms with Crippen LogP contribution in [-0.4, -0.2) is 17.6 Å². The lowest BCUT2D eigenvalue weighted by atomic mass is 10.2. The largest absolute Gasteiger partial charge is 0.362 e. The summed E-state index contributed by atoms with van der Waals surface area (Å²) in [5.41, 5.74) is 0. The molecule has 0 saturated carbocycles. The molecule has 82 valence electrons. The van der Waals surface area contributed by atoms with Gasteiger partial charge < -0.3 is 10.6 Å². The number of hydrogen-bond acceptors (Lipinski definition) is 2. The smallest absolute Gasteiger partial charge is 0.226 e.